The smallest absolute Gasteiger partial charge is 0.243 e. The first kappa shape index (κ1) is 22.9. The second kappa shape index (κ2) is 10.9. The van der Waals surface area contributed by atoms with Gasteiger partial charge in [0.05, 0.1) is 12.7 Å². The van der Waals surface area contributed by atoms with Crippen molar-refractivity contribution < 1.29 is 8.42 Å². The van der Waals surface area contributed by atoms with Crippen LogP contribution < -0.4 is 10.0 Å². The van der Waals surface area contributed by atoms with Crippen molar-refractivity contribution in [2.75, 3.05) is 39.3 Å². The number of rotatable bonds is 7. The SMILES string of the molecule is Cl.Cl.O=S(=O)(NCCN1CCNCC1)c1cnn(Cc2ccccc2)c1. The second-order valence-corrected chi connectivity index (χ2v) is 7.62. The summed E-state index contributed by atoms with van der Waals surface area (Å²) in [5, 5.41) is 7.43. The van der Waals surface area contributed by atoms with Gasteiger partial charge in [0.25, 0.3) is 0 Å². The van der Waals surface area contributed by atoms with Gasteiger partial charge in [-0.1, -0.05) is 30.3 Å². The molecule has 146 valence electrons. The number of nitrogens with zero attached hydrogens (tertiary/aromatic N) is 3. The van der Waals surface area contributed by atoms with Crippen molar-refractivity contribution >= 4 is 34.8 Å². The first-order valence-corrected chi connectivity index (χ1v) is 9.61. The fraction of sp³-hybridized carbons (Fsp3) is 0.438. The first-order valence-electron chi connectivity index (χ1n) is 8.13. The number of halogens is 2. The number of sulfonamides is 1. The quantitative estimate of drug-likeness (QED) is 0.695. The minimum Gasteiger partial charge on any atom is -0.314 e. The molecule has 0 unspecified atom stereocenters. The Morgan fingerprint density at radius 3 is 2.50 bits per heavy atom. The zero-order chi connectivity index (χ0) is 16.8. The lowest BCUT2D eigenvalue weighted by molar-refractivity contribution is 0.245. The predicted octanol–water partition coefficient (Wildman–Crippen LogP) is 0.958. The number of hydrogen-bond acceptors (Lipinski definition) is 5. The van der Waals surface area contributed by atoms with Gasteiger partial charge in [-0.2, -0.15) is 5.10 Å². The topological polar surface area (TPSA) is 79.3 Å². The molecule has 2 N–H and O–H groups in total. The van der Waals surface area contributed by atoms with Crippen LogP contribution in [0.3, 0.4) is 0 Å². The third kappa shape index (κ3) is 6.53. The van der Waals surface area contributed by atoms with E-state index in [2.05, 4.69) is 20.0 Å². The van der Waals surface area contributed by atoms with Crippen molar-refractivity contribution in [3.05, 3.63) is 48.3 Å². The Balaban J connectivity index is 0.00000169. The molecule has 0 amide bonds. The molecule has 1 fully saturated rings. The largest absolute Gasteiger partial charge is 0.314 e. The van der Waals surface area contributed by atoms with E-state index in [0.29, 0.717) is 13.1 Å². The van der Waals surface area contributed by atoms with Crippen LogP contribution >= 0.6 is 24.8 Å². The Hall–Kier alpha value is -1.16. The van der Waals surface area contributed by atoms with Crippen molar-refractivity contribution in [1.82, 2.24) is 24.7 Å². The molecule has 26 heavy (non-hydrogen) atoms. The Morgan fingerprint density at radius 1 is 1.12 bits per heavy atom. The molecule has 0 atom stereocenters. The zero-order valence-corrected chi connectivity index (χ0v) is 16.8. The van der Waals surface area contributed by atoms with Gasteiger partial charge >= 0.3 is 0 Å². The van der Waals surface area contributed by atoms with Crippen molar-refractivity contribution in [1.29, 1.82) is 0 Å². The zero-order valence-electron chi connectivity index (χ0n) is 14.4. The van der Waals surface area contributed by atoms with Crippen LogP contribution in [0.15, 0.2) is 47.6 Å². The molecule has 0 spiro atoms. The maximum Gasteiger partial charge on any atom is 0.243 e. The summed E-state index contributed by atoms with van der Waals surface area (Å²) in [4.78, 5) is 2.46. The molecule has 2 aromatic rings. The number of benzene rings is 1. The molecular formula is C16H25Cl2N5O2S. The molecule has 0 bridgehead atoms. The maximum absolute atomic E-state index is 12.3. The van der Waals surface area contributed by atoms with E-state index >= 15 is 0 Å². The van der Waals surface area contributed by atoms with E-state index in [4.69, 9.17) is 0 Å². The van der Waals surface area contributed by atoms with E-state index in [1.165, 1.54) is 6.20 Å². The van der Waals surface area contributed by atoms with E-state index in [1.807, 2.05) is 30.3 Å². The van der Waals surface area contributed by atoms with Gasteiger partial charge in [0.2, 0.25) is 10.0 Å². The predicted molar refractivity (Wildman–Crippen MR) is 107 cm³/mol. The number of hydrogen-bond donors (Lipinski definition) is 2. The van der Waals surface area contributed by atoms with Crippen LogP contribution in [0.5, 0.6) is 0 Å². The molecule has 0 radical (unpaired) electrons. The van der Waals surface area contributed by atoms with Crippen molar-refractivity contribution in [2.24, 2.45) is 0 Å². The lowest BCUT2D eigenvalue weighted by Gasteiger charge is -2.26. The number of aromatic nitrogens is 2. The Morgan fingerprint density at radius 2 is 1.81 bits per heavy atom. The normalized spacial score (nSPS) is 15.1. The summed E-state index contributed by atoms with van der Waals surface area (Å²) in [7, 11) is -3.51. The summed E-state index contributed by atoms with van der Waals surface area (Å²) in [6.07, 6.45) is 2.97. The molecule has 0 saturated carbocycles. The third-order valence-corrected chi connectivity index (χ3v) is 5.45. The first-order chi connectivity index (χ1) is 11.6. The van der Waals surface area contributed by atoms with Crippen LogP contribution in [0.1, 0.15) is 5.56 Å². The van der Waals surface area contributed by atoms with Gasteiger partial charge in [0.15, 0.2) is 0 Å². The van der Waals surface area contributed by atoms with Crippen LogP contribution in [0.2, 0.25) is 0 Å². The van der Waals surface area contributed by atoms with Crippen LogP contribution in [0.25, 0.3) is 0 Å². The molecule has 1 saturated heterocycles. The molecule has 3 rings (SSSR count). The summed E-state index contributed by atoms with van der Waals surface area (Å²) >= 11 is 0. The summed E-state index contributed by atoms with van der Waals surface area (Å²) in [5.41, 5.74) is 1.08. The van der Waals surface area contributed by atoms with E-state index in [1.54, 1.807) is 10.9 Å². The molecule has 10 heteroatoms. The summed E-state index contributed by atoms with van der Waals surface area (Å²) < 4.78 is 29.0. The Bertz CT molecular complexity index is 749. The monoisotopic (exact) mass is 421 g/mol. The number of nitrogens with one attached hydrogen (secondary N) is 2. The minimum atomic E-state index is -3.51. The summed E-state index contributed by atoms with van der Waals surface area (Å²) in [6.45, 7) is 5.51. The highest BCUT2D eigenvalue weighted by Gasteiger charge is 2.17. The van der Waals surface area contributed by atoms with Crippen LogP contribution in [0.4, 0.5) is 0 Å². The fourth-order valence-electron chi connectivity index (χ4n) is 2.70. The molecule has 1 aliphatic heterocycles. The van der Waals surface area contributed by atoms with E-state index in [0.717, 1.165) is 38.3 Å². The van der Waals surface area contributed by atoms with Crippen LogP contribution in [-0.2, 0) is 16.6 Å². The standard InChI is InChI=1S/C16H23N5O2S.2ClH/c22-24(23,19-8-11-20-9-6-17-7-10-20)16-12-18-21(14-16)13-15-4-2-1-3-5-15;;/h1-5,12,14,17,19H,6-11,13H2;2*1H. The molecule has 1 aliphatic rings. The highest BCUT2D eigenvalue weighted by atomic mass is 35.5. The Kier molecular flexibility index (Phi) is 9.56. The third-order valence-electron chi connectivity index (χ3n) is 4.04. The van der Waals surface area contributed by atoms with Crippen molar-refractivity contribution in [3.63, 3.8) is 0 Å². The average molecular weight is 422 g/mol. The van der Waals surface area contributed by atoms with E-state index in [9.17, 15) is 8.42 Å². The van der Waals surface area contributed by atoms with E-state index in [-0.39, 0.29) is 29.7 Å². The molecule has 7 nitrogen and oxygen atoms in total. The second-order valence-electron chi connectivity index (χ2n) is 5.85. The molecule has 1 aromatic heterocycles. The van der Waals surface area contributed by atoms with Gasteiger partial charge in [-0.25, -0.2) is 13.1 Å². The Labute approximate surface area is 167 Å². The van der Waals surface area contributed by atoms with Gasteiger partial charge < -0.3 is 5.32 Å². The minimum absolute atomic E-state index is 0. The van der Waals surface area contributed by atoms with Gasteiger partial charge in [0.1, 0.15) is 4.90 Å². The van der Waals surface area contributed by atoms with Crippen LogP contribution in [0, 0.1) is 0 Å². The highest BCUT2D eigenvalue weighted by molar-refractivity contribution is 7.89. The molecular weight excluding hydrogens is 397 g/mol. The van der Waals surface area contributed by atoms with Gasteiger partial charge in [-0.15, -0.1) is 24.8 Å². The van der Waals surface area contributed by atoms with Gasteiger partial charge in [0, 0.05) is 45.5 Å². The van der Waals surface area contributed by atoms with Gasteiger partial charge in [-0.3, -0.25) is 9.58 Å². The van der Waals surface area contributed by atoms with Crippen LogP contribution in [-0.4, -0.2) is 62.4 Å². The molecule has 0 aliphatic carbocycles. The molecule has 2 heterocycles. The summed E-state index contributed by atoms with van der Waals surface area (Å²) in [6, 6.07) is 9.83. The van der Waals surface area contributed by atoms with Gasteiger partial charge in [-0.05, 0) is 5.56 Å². The number of piperazine rings is 1. The lowest BCUT2D eigenvalue weighted by Crippen LogP contribution is -2.46. The summed E-state index contributed by atoms with van der Waals surface area (Å²) in [5.74, 6) is 0. The fourth-order valence-corrected chi connectivity index (χ4v) is 3.67. The lowest BCUT2D eigenvalue weighted by atomic mass is 10.2. The maximum atomic E-state index is 12.3. The highest BCUT2D eigenvalue weighted by Crippen LogP contribution is 2.09. The van der Waals surface area contributed by atoms with Crippen molar-refractivity contribution in [2.45, 2.75) is 11.4 Å². The molecule has 1 aromatic carbocycles. The van der Waals surface area contributed by atoms with E-state index < -0.39 is 10.0 Å². The van der Waals surface area contributed by atoms with Crippen molar-refractivity contribution in [3.8, 4) is 0 Å². The average Bonchev–Trinajstić information content (AvgIpc) is 3.06.